The van der Waals surface area contributed by atoms with Crippen molar-refractivity contribution in [2.24, 2.45) is 0 Å². The van der Waals surface area contributed by atoms with Crippen LogP contribution in [0.4, 0.5) is 5.69 Å². The monoisotopic (exact) mass is 322 g/mol. The second-order valence-corrected chi connectivity index (χ2v) is 5.21. The van der Waals surface area contributed by atoms with Crippen molar-refractivity contribution in [1.82, 2.24) is 14.5 Å². The van der Waals surface area contributed by atoms with Gasteiger partial charge in [-0.05, 0) is 18.2 Å². The molecule has 4 aromatic rings. The van der Waals surface area contributed by atoms with E-state index in [9.17, 15) is 14.9 Å². The van der Waals surface area contributed by atoms with Gasteiger partial charge >= 0.3 is 0 Å². The minimum atomic E-state index is -0.523. The fourth-order valence-electron chi connectivity index (χ4n) is 2.51. The molecule has 0 aliphatic carbocycles. The Bertz CT molecular complexity index is 1110. The molecule has 0 fully saturated rings. The summed E-state index contributed by atoms with van der Waals surface area (Å²) < 4.78 is 6.96. The highest BCUT2D eigenvalue weighted by molar-refractivity contribution is 5.79. The van der Waals surface area contributed by atoms with Crippen LogP contribution < -0.4 is 5.56 Å². The summed E-state index contributed by atoms with van der Waals surface area (Å²) in [6.07, 6.45) is 1.34. The number of rotatable bonds is 3. The minimum absolute atomic E-state index is 0.105. The van der Waals surface area contributed by atoms with Gasteiger partial charge < -0.3 is 4.42 Å². The number of hydrogen-bond acceptors (Lipinski definition) is 6. The van der Waals surface area contributed by atoms with Crippen molar-refractivity contribution in [2.75, 3.05) is 0 Å². The number of nitro benzene ring substituents is 1. The number of nitro groups is 1. The summed E-state index contributed by atoms with van der Waals surface area (Å²) in [6, 6.07) is 11.3. The van der Waals surface area contributed by atoms with Gasteiger partial charge in [-0.1, -0.05) is 12.1 Å². The Balaban J connectivity index is 1.76. The number of para-hydroxylation sites is 2. The highest BCUT2D eigenvalue weighted by Gasteiger charge is 2.12. The normalized spacial score (nSPS) is 11.2. The summed E-state index contributed by atoms with van der Waals surface area (Å²) >= 11 is 0. The van der Waals surface area contributed by atoms with Crippen LogP contribution in [0.5, 0.6) is 0 Å². The van der Waals surface area contributed by atoms with E-state index in [4.69, 9.17) is 4.42 Å². The van der Waals surface area contributed by atoms with Gasteiger partial charge in [0.1, 0.15) is 12.1 Å². The molecule has 0 N–H and O–H groups in total. The first kappa shape index (κ1) is 14.1. The molecule has 24 heavy (non-hydrogen) atoms. The van der Waals surface area contributed by atoms with Crippen LogP contribution >= 0.6 is 0 Å². The molecule has 0 atom stereocenters. The third-order valence-corrected chi connectivity index (χ3v) is 3.66. The highest BCUT2D eigenvalue weighted by Crippen LogP contribution is 2.17. The molecule has 8 heteroatoms. The van der Waals surface area contributed by atoms with Crippen LogP contribution in [0.15, 0.2) is 58.0 Å². The average molecular weight is 322 g/mol. The Labute approximate surface area is 134 Å². The fraction of sp³-hybridized carbons (Fsp3) is 0.0625. The van der Waals surface area contributed by atoms with Crippen molar-refractivity contribution < 1.29 is 9.34 Å². The molecular weight excluding hydrogens is 312 g/mol. The van der Waals surface area contributed by atoms with Crippen LogP contribution in [-0.4, -0.2) is 19.5 Å². The van der Waals surface area contributed by atoms with Gasteiger partial charge in [-0.2, -0.15) is 0 Å². The molecule has 0 amide bonds. The summed E-state index contributed by atoms with van der Waals surface area (Å²) in [7, 11) is 0. The second kappa shape index (κ2) is 5.27. The summed E-state index contributed by atoms with van der Waals surface area (Å²) in [5.74, 6) is 0.390. The molecular formula is C16H10N4O4. The number of benzene rings is 2. The predicted molar refractivity (Wildman–Crippen MR) is 85.8 cm³/mol. The van der Waals surface area contributed by atoms with E-state index in [1.807, 2.05) is 18.2 Å². The minimum Gasteiger partial charge on any atom is -0.439 e. The average Bonchev–Trinajstić information content (AvgIpc) is 2.99. The Hall–Kier alpha value is -3.55. The van der Waals surface area contributed by atoms with E-state index in [0.29, 0.717) is 22.4 Å². The lowest BCUT2D eigenvalue weighted by molar-refractivity contribution is -0.384. The van der Waals surface area contributed by atoms with Crippen LogP contribution in [0.3, 0.4) is 0 Å². The molecule has 2 heterocycles. The molecule has 0 bridgehead atoms. The molecule has 0 spiro atoms. The van der Waals surface area contributed by atoms with Crippen LogP contribution in [0.1, 0.15) is 5.89 Å². The Morgan fingerprint density at radius 3 is 2.79 bits per heavy atom. The topological polar surface area (TPSA) is 104 Å². The van der Waals surface area contributed by atoms with E-state index in [0.717, 1.165) is 0 Å². The van der Waals surface area contributed by atoms with Crippen LogP contribution in [0.25, 0.3) is 22.0 Å². The van der Waals surface area contributed by atoms with E-state index < -0.39 is 4.92 Å². The van der Waals surface area contributed by atoms with E-state index in [1.54, 1.807) is 6.07 Å². The summed E-state index contributed by atoms with van der Waals surface area (Å²) in [4.78, 5) is 31.2. The van der Waals surface area contributed by atoms with Crippen LogP contribution in [-0.2, 0) is 6.54 Å². The molecule has 0 radical (unpaired) electrons. The third kappa shape index (κ3) is 2.30. The molecule has 118 valence electrons. The maximum Gasteiger partial charge on any atom is 0.271 e. The SMILES string of the molecule is O=c1c2ccc([N+](=O)[O-])cc2ncn1Cc1nc2ccccc2o1. The first-order chi connectivity index (χ1) is 11.6. The van der Waals surface area contributed by atoms with Crippen LogP contribution in [0, 0.1) is 10.1 Å². The number of hydrogen-bond donors (Lipinski definition) is 0. The summed E-state index contributed by atoms with van der Waals surface area (Å²) in [6.45, 7) is 0.132. The Morgan fingerprint density at radius 1 is 1.17 bits per heavy atom. The predicted octanol–water partition coefficient (Wildman–Crippen LogP) is 2.49. The molecule has 0 aliphatic rings. The first-order valence-electron chi connectivity index (χ1n) is 7.10. The molecule has 8 nitrogen and oxygen atoms in total. The van der Waals surface area contributed by atoms with Crippen LogP contribution in [0.2, 0.25) is 0 Å². The standard InChI is InChI=1S/C16H10N4O4/c21-16-11-6-5-10(20(22)23)7-13(11)17-9-19(16)8-15-18-12-3-1-2-4-14(12)24-15/h1-7,9H,8H2. The molecule has 0 aliphatic heterocycles. The zero-order valence-corrected chi connectivity index (χ0v) is 12.2. The summed E-state index contributed by atoms with van der Waals surface area (Å²) in [5, 5.41) is 11.1. The van der Waals surface area contributed by atoms with E-state index in [2.05, 4.69) is 9.97 Å². The number of non-ortho nitro benzene ring substituents is 1. The van der Waals surface area contributed by atoms with Gasteiger partial charge in [0.15, 0.2) is 5.58 Å². The number of nitrogens with zero attached hydrogens (tertiary/aromatic N) is 4. The van der Waals surface area contributed by atoms with Gasteiger partial charge in [-0.3, -0.25) is 19.5 Å². The van der Waals surface area contributed by atoms with Gasteiger partial charge in [-0.15, -0.1) is 0 Å². The molecule has 0 saturated carbocycles. The number of fused-ring (bicyclic) bond motifs is 2. The second-order valence-electron chi connectivity index (χ2n) is 5.21. The molecule has 4 rings (SSSR count). The largest absolute Gasteiger partial charge is 0.439 e. The number of aromatic nitrogens is 3. The Morgan fingerprint density at radius 2 is 2.00 bits per heavy atom. The molecule has 0 saturated heterocycles. The van der Waals surface area contributed by atoms with Crippen molar-refractivity contribution in [3.8, 4) is 0 Å². The maximum atomic E-state index is 12.5. The smallest absolute Gasteiger partial charge is 0.271 e. The summed E-state index contributed by atoms with van der Waals surface area (Å²) in [5.41, 5.74) is 1.22. The van der Waals surface area contributed by atoms with E-state index in [-0.39, 0.29) is 23.3 Å². The lowest BCUT2D eigenvalue weighted by atomic mass is 10.2. The molecule has 0 unspecified atom stereocenters. The lowest BCUT2D eigenvalue weighted by Gasteiger charge is -2.03. The van der Waals surface area contributed by atoms with E-state index in [1.165, 1.54) is 29.1 Å². The number of oxazole rings is 1. The van der Waals surface area contributed by atoms with Crippen molar-refractivity contribution in [1.29, 1.82) is 0 Å². The van der Waals surface area contributed by atoms with Crippen molar-refractivity contribution in [2.45, 2.75) is 6.54 Å². The zero-order valence-electron chi connectivity index (χ0n) is 12.2. The van der Waals surface area contributed by atoms with Gasteiger partial charge in [0.05, 0.1) is 22.2 Å². The highest BCUT2D eigenvalue weighted by atomic mass is 16.6. The third-order valence-electron chi connectivity index (χ3n) is 3.66. The maximum absolute atomic E-state index is 12.5. The Kier molecular flexibility index (Phi) is 3.09. The van der Waals surface area contributed by atoms with Gasteiger partial charge in [0.2, 0.25) is 5.89 Å². The zero-order chi connectivity index (χ0) is 16.7. The fourth-order valence-corrected chi connectivity index (χ4v) is 2.51. The molecule has 2 aromatic heterocycles. The van der Waals surface area contributed by atoms with Crippen molar-refractivity contribution in [3.63, 3.8) is 0 Å². The van der Waals surface area contributed by atoms with Crippen molar-refractivity contribution in [3.05, 3.63) is 75.2 Å². The van der Waals surface area contributed by atoms with E-state index >= 15 is 0 Å². The first-order valence-corrected chi connectivity index (χ1v) is 7.10. The molecule has 2 aromatic carbocycles. The van der Waals surface area contributed by atoms with Gasteiger partial charge in [-0.25, -0.2) is 9.97 Å². The van der Waals surface area contributed by atoms with Gasteiger partial charge in [0, 0.05) is 12.1 Å². The van der Waals surface area contributed by atoms with Gasteiger partial charge in [0.25, 0.3) is 11.2 Å². The van der Waals surface area contributed by atoms with Crippen molar-refractivity contribution >= 4 is 27.7 Å². The quantitative estimate of drug-likeness (QED) is 0.424. The lowest BCUT2D eigenvalue weighted by Crippen LogP contribution is -2.21.